The van der Waals surface area contributed by atoms with Crippen molar-refractivity contribution in [3.05, 3.63) is 29.8 Å². The zero-order chi connectivity index (χ0) is 14.3. The monoisotopic (exact) mass is 267 g/mol. The van der Waals surface area contributed by atoms with Gasteiger partial charge in [-0.1, -0.05) is 32.0 Å². The molecule has 2 atom stereocenters. The second kappa shape index (κ2) is 8.15. The van der Waals surface area contributed by atoms with Gasteiger partial charge in [-0.05, 0) is 12.0 Å². The Morgan fingerprint density at radius 3 is 2.37 bits per heavy atom. The van der Waals surface area contributed by atoms with Crippen molar-refractivity contribution in [2.75, 3.05) is 27.4 Å². The van der Waals surface area contributed by atoms with E-state index in [2.05, 4.69) is 13.8 Å². The molecule has 0 aromatic heterocycles. The third-order valence-electron chi connectivity index (χ3n) is 3.11. The van der Waals surface area contributed by atoms with Crippen molar-refractivity contribution in [1.29, 1.82) is 0 Å². The van der Waals surface area contributed by atoms with Crippen LogP contribution in [0.3, 0.4) is 0 Å². The summed E-state index contributed by atoms with van der Waals surface area (Å²) in [5.41, 5.74) is 7.29. The van der Waals surface area contributed by atoms with Crippen molar-refractivity contribution in [3.8, 4) is 5.75 Å². The first-order chi connectivity index (χ1) is 9.11. The van der Waals surface area contributed by atoms with Gasteiger partial charge in [0.05, 0.1) is 18.8 Å². The Bertz CT molecular complexity index is 368. The number of para-hydroxylation sites is 1. The fourth-order valence-electron chi connectivity index (χ4n) is 2.13. The van der Waals surface area contributed by atoms with Crippen molar-refractivity contribution >= 4 is 0 Å². The predicted octanol–water partition coefficient (Wildman–Crippen LogP) is 2.38. The zero-order valence-electron chi connectivity index (χ0n) is 12.3. The Balaban J connectivity index is 2.85. The number of nitrogens with two attached hydrogens (primary N) is 1. The highest BCUT2D eigenvalue weighted by atomic mass is 16.5. The molecule has 0 fully saturated rings. The molecule has 0 aliphatic rings. The number of ether oxygens (including phenoxy) is 3. The molecule has 0 amide bonds. The summed E-state index contributed by atoms with van der Waals surface area (Å²) < 4.78 is 16.2. The van der Waals surface area contributed by atoms with E-state index in [-0.39, 0.29) is 12.1 Å². The molecule has 0 heterocycles. The van der Waals surface area contributed by atoms with Crippen molar-refractivity contribution in [2.24, 2.45) is 11.7 Å². The smallest absolute Gasteiger partial charge is 0.124 e. The molecular formula is C15H25NO3. The summed E-state index contributed by atoms with van der Waals surface area (Å²) in [7, 11) is 3.35. The van der Waals surface area contributed by atoms with Crippen LogP contribution in [0.2, 0.25) is 0 Å². The molecule has 0 aliphatic carbocycles. The van der Waals surface area contributed by atoms with Gasteiger partial charge in [-0.25, -0.2) is 0 Å². The lowest BCUT2D eigenvalue weighted by Gasteiger charge is -2.27. The molecule has 0 aliphatic heterocycles. The second-order valence-electron chi connectivity index (χ2n) is 4.85. The Morgan fingerprint density at radius 1 is 1.11 bits per heavy atom. The van der Waals surface area contributed by atoms with E-state index in [1.807, 2.05) is 24.3 Å². The van der Waals surface area contributed by atoms with Crippen molar-refractivity contribution in [2.45, 2.75) is 26.0 Å². The molecular weight excluding hydrogens is 242 g/mol. The van der Waals surface area contributed by atoms with Crippen LogP contribution in [0.5, 0.6) is 5.75 Å². The van der Waals surface area contributed by atoms with E-state index in [0.29, 0.717) is 19.1 Å². The van der Waals surface area contributed by atoms with Gasteiger partial charge >= 0.3 is 0 Å². The van der Waals surface area contributed by atoms with Gasteiger partial charge < -0.3 is 19.9 Å². The maximum atomic E-state index is 6.32. The molecule has 0 spiro atoms. The van der Waals surface area contributed by atoms with Gasteiger partial charge in [0.25, 0.3) is 0 Å². The average Bonchev–Trinajstić information content (AvgIpc) is 2.40. The molecule has 1 aromatic rings. The molecule has 2 N–H and O–H groups in total. The molecule has 4 heteroatoms. The maximum absolute atomic E-state index is 6.32. The first-order valence-corrected chi connectivity index (χ1v) is 6.60. The van der Waals surface area contributed by atoms with Gasteiger partial charge in [0.2, 0.25) is 0 Å². The summed E-state index contributed by atoms with van der Waals surface area (Å²) in [5, 5.41) is 0. The van der Waals surface area contributed by atoms with E-state index >= 15 is 0 Å². The Hall–Kier alpha value is -1.10. The van der Waals surface area contributed by atoms with Crippen LogP contribution in [0.4, 0.5) is 0 Å². The van der Waals surface area contributed by atoms with Crippen molar-refractivity contribution < 1.29 is 14.2 Å². The van der Waals surface area contributed by atoms with Crippen LogP contribution in [-0.2, 0) is 9.47 Å². The molecule has 108 valence electrons. The summed E-state index contributed by atoms with van der Waals surface area (Å²) in [4.78, 5) is 0. The third-order valence-corrected chi connectivity index (χ3v) is 3.11. The number of hydrogen-bond donors (Lipinski definition) is 1. The molecule has 2 unspecified atom stereocenters. The van der Waals surface area contributed by atoms with Crippen LogP contribution in [-0.4, -0.2) is 33.5 Å². The third kappa shape index (κ3) is 4.49. The van der Waals surface area contributed by atoms with E-state index < -0.39 is 0 Å². The summed E-state index contributed by atoms with van der Waals surface area (Å²) in [6.07, 6.45) is -0.0350. The largest absolute Gasteiger partial charge is 0.491 e. The molecule has 1 rings (SSSR count). The van der Waals surface area contributed by atoms with E-state index in [1.54, 1.807) is 14.2 Å². The second-order valence-corrected chi connectivity index (χ2v) is 4.85. The lowest BCUT2D eigenvalue weighted by molar-refractivity contribution is 0.0427. The van der Waals surface area contributed by atoms with Crippen molar-refractivity contribution in [1.82, 2.24) is 0 Å². The summed E-state index contributed by atoms with van der Waals surface area (Å²) in [6, 6.07) is 7.61. The summed E-state index contributed by atoms with van der Waals surface area (Å²) >= 11 is 0. The molecule has 4 nitrogen and oxygen atoms in total. The van der Waals surface area contributed by atoms with Crippen molar-refractivity contribution in [3.63, 3.8) is 0 Å². The highest BCUT2D eigenvalue weighted by Crippen LogP contribution is 2.29. The standard InChI is InChI=1S/C15H25NO3/c1-11(2)15(18-4)14(16)12-7-5-6-8-13(12)19-10-9-17-3/h5-8,11,14-15H,9-10,16H2,1-4H3. The van der Waals surface area contributed by atoms with Gasteiger partial charge in [0, 0.05) is 19.8 Å². The van der Waals surface area contributed by atoms with Gasteiger partial charge in [-0.15, -0.1) is 0 Å². The molecule has 19 heavy (non-hydrogen) atoms. The van der Waals surface area contributed by atoms with E-state index in [0.717, 1.165) is 11.3 Å². The van der Waals surface area contributed by atoms with Crippen LogP contribution >= 0.6 is 0 Å². The average molecular weight is 267 g/mol. The minimum atomic E-state index is -0.205. The van der Waals surface area contributed by atoms with Crippen LogP contribution in [0.25, 0.3) is 0 Å². The highest BCUT2D eigenvalue weighted by molar-refractivity contribution is 5.36. The number of benzene rings is 1. The molecule has 0 bridgehead atoms. The zero-order valence-corrected chi connectivity index (χ0v) is 12.3. The predicted molar refractivity (Wildman–Crippen MR) is 76.4 cm³/mol. The molecule has 0 saturated carbocycles. The first kappa shape index (κ1) is 16.0. The van der Waals surface area contributed by atoms with Gasteiger partial charge in [-0.3, -0.25) is 0 Å². The highest BCUT2D eigenvalue weighted by Gasteiger charge is 2.24. The van der Waals surface area contributed by atoms with E-state index in [1.165, 1.54) is 0 Å². The quantitative estimate of drug-likeness (QED) is 0.735. The lowest BCUT2D eigenvalue weighted by Crippen LogP contribution is -2.32. The topological polar surface area (TPSA) is 53.7 Å². The fraction of sp³-hybridized carbons (Fsp3) is 0.600. The Kier molecular flexibility index (Phi) is 6.84. The van der Waals surface area contributed by atoms with Gasteiger partial charge in [0.15, 0.2) is 0 Å². The summed E-state index contributed by atoms with van der Waals surface area (Å²) in [6.45, 7) is 5.27. The van der Waals surface area contributed by atoms with Crippen LogP contribution < -0.4 is 10.5 Å². The number of hydrogen-bond acceptors (Lipinski definition) is 4. The Labute approximate surface area is 115 Å². The maximum Gasteiger partial charge on any atom is 0.124 e. The fourth-order valence-corrected chi connectivity index (χ4v) is 2.13. The normalized spacial score (nSPS) is 14.4. The number of methoxy groups -OCH3 is 2. The first-order valence-electron chi connectivity index (χ1n) is 6.60. The van der Waals surface area contributed by atoms with Gasteiger partial charge in [0.1, 0.15) is 12.4 Å². The van der Waals surface area contributed by atoms with Crippen LogP contribution in [0.15, 0.2) is 24.3 Å². The SMILES string of the molecule is COCCOc1ccccc1C(N)C(OC)C(C)C. The van der Waals surface area contributed by atoms with E-state index in [4.69, 9.17) is 19.9 Å². The van der Waals surface area contributed by atoms with Crippen LogP contribution in [0, 0.1) is 5.92 Å². The molecule has 0 saturated heterocycles. The minimum Gasteiger partial charge on any atom is -0.491 e. The van der Waals surface area contributed by atoms with Crippen LogP contribution in [0.1, 0.15) is 25.5 Å². The lowest BCUT2D eigenvalue weighted by atomic mass is 9.93. The van der Waals surface area contributed by atoms with Gasteiger partial charge in [-0.2, -0.15) is 0 Å². The molecule has 1 aromatic carbocycles. The summed E-state index contributed by atoms with van der Waals surface area (Å²) in [5.74, 6) is 1.14. The minimum absolute atomic E-state index is 0.0350. The number of rotatable bonds is 8. The Morgan fingerprint density at radius 2 is 1.79 bits per heavy atom. The molecule has 0 radical (unpaired) electrons. The van der Waals surface area contributed by atoms with E-state index in [9.17, 15) is 0 Å².